The third kappa shape index (κ3) is 3.56. The number of halogens is 3. The number of hydrogen-bond acceptors (Lipinski definition) is 6. The number of nitrogens with zero attached hydrogens (tertiary/aromatic N) is 6. The first-order chi connectivity index (χ1) is 14.8. The predicted octanol–water partition coefficient (Wildman–Crippen LogP) is 2.53. The van der Waals surface area contributed by atoms with E-state index in [0.29, 0.717) is 43.3 Å². The van der Waals surface area contributed by atoms with Crippen molar-refractivity contribution in [3.8, 4) is 0 Å². The summed E-state index contributed by atoms with van der Waals surface area (Å²) in [6.45, 7) is 3.78. The van der Waals surface area contributed by atoms with E-state index in [1.807, 2.05) is 11.8 Å². The number of pyridine rings is 1. The van der Waals surface area contributed by atoms with Crippen LogP contribution in [0.4, 0.5) is 19.0 Å². The van der Waals surface area contributed by atoms with Gasteiger partial charge in [0, 0.05) is 49.8 Å². The van der Waals surface area contributed by atoms with E-state index >= 15 is 0 Å². The molecule has 0 amide bonds. The van der Waals surface area contributed by atoms with E-state index in [1.54, 1.807) is 6.20 Å². The first kappa shape index (κ1) is 20.0. The minimum atomic E-state index is -4.44. The Bertz CT molecular complexity index is 1200. The normalized spacial score (nSPS) is 19.6. The highest BCUT2D eigenvalue weighted by Crippen LogP contribution is 2.32. The molecule has 3 aromatic rings. The molecule has 0 radical (unpaired) electrons. The molecule has 31 heavy (non-hydrogen) atoms. The molecule has 0 spiro atoms. The summed E-state index contributed by atoms with van der Waals surface area (Å²) >= 11 is 0. The zero-order valence-electron chi connectivity index (χ0n) is 16.9. The molecule has 1 saturated heterocycles. The van der Waals surface area contributed by atoms with Crippen molar-refractivity contribution in [3.63, 3.8) is 0 Å². The fourth-order valence-corrected chi connectivity index (χ4v) is 4.24. The highest BCUT2D eigenvalue weighted by atomic mass is 19.4. The molecule has 5 heterocycles. The number of anilines is 1. The van der Waals surface area contributed by atoms with E-state index in [0.717, 1.165) is 30.7 Å². The van der Waals surface area contributed by atoms with Gasteiger partial charge in [-0.15, -0.1) is 5.10 Å². The molecule has 2 aliphatic rings. The number of aromatic nitrogens is 5. The van der Waals surface area contributed by atoms with Crippen molar-refractivity contribution in [1.29, 1.82) is 0 Å². The van der Waals surface area contributed by atoms with Gasteiger partial charge >= 0.3 is 11.9 Å². The maximum absolute atomic E-state index is 13.1. The maximum atomic E-state index is 13.1. The van der Waals surface area contributed by atoms with Crippen molar-refractivity contribution in [3.05, 3.63) is 51.3 Å². The second-order valence-electron chi connectivity index (χ2n) is 8.01. The standard InChI is InChI=1S/C20H21F3N6O2/c1-12-9-28-18(26-29(19(28)30)15-3-2-6-31-11-15)25-17(12)27-5-4-16-13(10-27)7-14(8-24-16)20(21,22)23/h7-9,15H,2-6,10-11H2,1H3. The molecule has 0 N–H and O–H groups in total. The van der Waals surface area contributed by atoms with Crippen LogP contribution in [-0.2, 0) is 23.9 Å². The lowest BCUT2D eigenvalue weighted by atomic mass is 10.0. The summed E-state index contributed by atoms with van der Waals surface area (Å²) in [5, 5.41) is 4.41. The summed E-state index contributed by atoms with van der Waals surface area (Å²) < 4.78 is 47.6. The molecule has 0 saturated carbocycles. The van der Waals surface area contributed by atoms with Gasteiger partial charge in [0.15, 0.2) is 0 Å². The highest BCUT2D eigenvalue weighted by molar-refractivity contribution is 5.52. The second kappa shape index (κ2) is 7.33. The monoisotopic (exact) mass is 434 g/mol. The summed E-state index contributed by atoms with van der Waals surface area (Å²) in [5.41, 5.74) is 0.923. The van der Waals surface area contributed by atoms with Gasteiger partial charge in [0.25, 0.3) is 5.78 Å². The van der Waals surface area contributed by atoms with Crippen LogP contribution in [0.1, 0.15) is 41.3 Å². The number of alkyl halides is 3. The van der Waals surface area contributed by atoms with Crippen LogP contribution >= 0.6 is 0 Å². The molecule has 5 rings (SSSR count). The Morgan fingerprint density at radius 1 is 1.29 bits per heavy atom. The lowest BCUT2D eigenvalue weighted by molar-refractivity contribution is -0.137. The first-order valence-electron chi connectivity index (χ1n) is 10.2. The number of fused-ring (bicyclic) bond motifs is 2. The molecule has 0 bridgehead atoms. The van der Waals surface area contributed by atoms with Gasteiger partial charge in [-0.1, -0.05) is 0 Å². The quantitative estimate of drug-likeness (QED) is 0.617. The average Bonchev–Trinajstić information content (AvgIpc) is 3.08. The Morgan fingerprint density at radius 3 is 2.87 bits per heavy atom. The van der Waals surface area contributed by atoms with E-state index < -0.39 is 11.7 Å². The zero-order chi connectivity index (χ0) is 21.8. The van der Waals surface area contributed by atoms with Crippen LogP contribution < -0.4 is 10.6 Å². The van der Waals surface area contributed by atoms with Gasteiger partial charge in [-0.3, -0.25) is 4.98 Å². The largest absolute Gasteiger partial charge is 0.417 e. The molecule has 1 fully saturated rings. The minimum absolute atomic E-state index is 0.125. The minimum Gasteiger partial charge on any atom is -0.379 e. The fourth-order valence-electron chi connectivity index (χ4n) is 4.24. The summed E-state index contributed by atoms with van der Waals surface area (Å²) in [6.07, 6.45) is 0.330. The molecule has 8 nitrogen and oxygen atoms in total. The molecule has 1 unspecified atom stereocenters. The molecular weight excluding hydrogens is 413 g/mol. The highest BCUT2D eigenvalue weighted by Gasteiger charge is 2.33. The van der Waals surface area contributed by atoms with E-state index in [1.165, 1.54) is 9.08 Å². The van der Waals surface area contributed by atoms with E-state index in [2.05, 4.69) is 15.1 Å². The Balaban J connectivity index is 1.49. The van der Waals surface area contributed by atoms with Gasteiger partial charge in [0.05, 0.1) is 18.2 Å². The first-order valence-corrected chi connectivity index (χ1v) is 10.2. The second-order valence-corrected chi connectivity index (χ2v) is 8.01. The molecule has 11 heteroatoms. The van der Waals surface area contributed by atoms with Crippen LogP contribution in [0.15, 0.2) is 23.3 Å². The van der Waals surface area contributed by atoms with Crippen molar-refractivity contribution in [2.75, 3.05) is 24.7 Å². The van der Waals surface area contributed by atoms with Gasteiger partial charge < -0.3 is 9.64 Å². The molecule has 164 valence electrons. The molecular formula is C20H21F3N6O2. The maximum Gasteiger partial charge on any atom is 0.417 e. The Labute approximate surface area is 175 Å². The summed E-state index contributed by atoms with van der Waals surface area (Å²) in [4.78, 5) is 23.3. The number of aryl methyl sites for hydroxylation is 1. The Hall–Kier alpha value is -2.95. The van der Waals surface area contributed by atoms with Crippen LogP contribution in [0.25, 0.3) is 5.78 Å². The Morgan fingerprint density at radius 2 is 2.13 bits per heavy atom. The fraction of sp³-hybridized carbons (Fsp3) is 0.500. The van der Waals surface area contributed by atoms with Gasteiger partial charge in [0.1, 0.15) is 5.82 Å². The van der Waals surface area contributed by atoms with Crippen molar-refractivity contribution in [2.45, 2.75) is 44.9 Å². The molecule has 1 atom stereocenters. The van der Waals surface area contributed by atoms with E-state index in [9.17, 15) is 18.0 Å². The third-order valence-electron chi connectivity index (χ3n) is 5.84. The molecule has 2 aliphatic heterocycles. The average molecular weight is 434 g/mol. The summed E-state index contributed by atoms with van der Waals surface area (Å²) in [5.74, 6) is 0.872. The van der Waals surface area contributed by atoms with E-state index in [4.69, 9.17) is 4.74 Å². The van der Waals surface area contributed by atoms with Crippen LogP contribution in [0.2, 0.25) is 0 Å². The van der Waals surface area contributed by atoms with Crippen LogP contribution in [0, 0.1) is 6.92 Å². The summed E-state index contributed by atoms with van der Waals surface area (Å²) in [7, 11) is 0. The molecule has 3 aromatic heterocycles. The zero-order valence-corrected chi connectivity index (χ0v) is 16.9. The number of ether oxygens (including phenoxy) is 1. The van der Waals surface area contributed by atoms with Crippen molar-refractivity contribution in [1.82, 2.24) is 24.1 Å². The third-order valence-corrected chi connectivity index (χ3v) is 5.84. The number of hydrogen-bond donors (Lipinski definition) is 0. The van der Waals surface area contributed by atoms with Crippen molar-refractivity contribution >= 4 is 11.6 Å². The van der Waals surface area contributed by atoms with Gasteiger partial charge in [-0.2, -0.15) is 18.2 Å². The predicted molar refractivity (Wildman–Crippen MR) is 105 cm³/mol. The van der Waals surface area contributed by atoms with Crippen molar-refractivity contribution in [2.24, 2.45) is 0 Å². The Kier molecular flexibility index (Phi) is 4.72. The lowest BCUT2D eigenvalue weighted by Gasteiger charge is -2.30. The van der Waals surface area contributed by atoms with Crippen LogP contribution in [0.5, 0.6) is 0 Å². The smallest absolute Gasteiger partial charge is 0.379 e. The van der Waals surface area contributed by atoms with Crippen LogP contribution in [-0.4, -0.2) is 43.9 Å². The van der Waals surface area contributed by atoms with Gasteiger partial charge in [-0.25, -0.2) is 13.9 Å². The van der Waals surface area contributed by atoms with Crippen molar-refractivity contribution < 1.29 is 17.9 Å². The topological polar surface area (TPSA) is 77.5 Å². The summed E-state index contributed by atoms with van der Waals surface area (Å²) in [6, 6.07) is 1.03. The molecule has 0 aliphatic carbocycles. The molecule has 0 aromatic carbocycles. The van der Waals surface area contributed by atoms with Gasteiger partial charge in [-0.05, 0) is 31.4 Å². The van der Waals surface area contributed by atoms with Gasteiger partial charge in [0.2, 0.25) is 0 Å². The lowest BCUT2D eigenvalue weighted by Crippen LogP contribution is -2.33. The SMILES string of the molecule is Cc1cn2c(=O)n(C3CCCOC3)nc2nc1N1CCc2ncc(C(F)(F)F)cc2C1. The number of rotatable bonds is 2. The van der Waals surface area contributed by atoms with Crippen LogP contribution in [0.3, 0.4) is 0 Å². The van der Waals surface area contributed by atoms with E-state index in [-0.39, 0.29) is 24.1 Å².